The van der Waals surface area contributed by atoms with Crippen molar-refractivity contribution in [1.82, 2.24) is 9.88 Å². The number of aromatic nitrogens is 1. The number of anilines is 1. The van der Waals surface area contributed by atoms with Gasteiger partial charge in [-0.3, -0.25) is 9.59 Å². The maximum atomic E-state index is 12.5. The number of oxazole rings is 1. The van der Waals surface area contributed by atoms with Crippen molar-refractivity contribution in [3.8, 4) is 10.8 Å². The molecule has 27 heavy (non-hydrogen) atoms. The quantitative estimate of drug-likeness (QED) is 0.616. The summed E-state index contributed by atoms with van der Waals surface area (Å²) in [5, 5.41) is 4.72. The standard InChI is InChI=1S/C19H18BrN3O3S/c1-12-15(22-19(26-12)16-8-5-9-27-16)10-18(25)23(2)11-17(24)21-14-7-4-3-6-13(14)20/h3-9H,10-11H2,1-2H3,(H,21,24). The zero-order valence-electron chi connectivity index (χ0n) is 14.9. The Morgan fingerprint density at radius 1 is 1.26 bits per heavy atom. The van der Waals surface area contributed by atoms with Crippen LogP contribution in [0.4, 0.5) is 5.69 Å². The van der Waals surface area contributed by atoms with Gasteiger partial charge in [-0.05, 0) is 46.4 Å². The third-order valence-corrected chi connectivity index (χ3v) is 5.45. The van der Waals surface area contributed by atoms with Crippen LogP contribution in [0.25, 0.3) is 10.8 Å². The summed E-state index contributed by atoms with van der Waals surface area (Å²) < 4.78 is 6.44. The zero-order chi connectivity index (χ0) is 19.4. The summed E-state index contributed by atoms with van der Waals surface area (Å²) in [6.07, 6.45) is 0.0829. The molecule has 0 atom stereocenters. The van der Waals surface area contributed by atoms with Gasteiger partial charge in [0, 0.05) is 11.5 Å². The van der Waals surface area contributed by atoms with Gasteiger partial charge in [-0.2, -0.15) is 0 Å². The van der Waals surface area contributed by atoms with Crippen molar-refractivity contribution < 1.29 is 14.0 Å². The molecule has 140 valence electrons. The molecule has 0 radical (unpaired) electrons. The zero-order valence-corrected chi connectivity index (χ0v) is 17.3. The van der Waals surface area contributed by atoms with Crippen LogP contribution in [0.15, 0.2) is 50.7 Å². The molecule has 0 saturated heterocycles. The van der Waals surface area contributed by atoms with Gasteiger partial charge in [0.1, 0.15) is 5.76 Å². The van der Waals surface area contributed by atoms with Gasteiger partial charge in [-0.25, -0.2) is 4.98 Å². The lowest BCUT2D eigenvalue weighted by atomic mass is 10.2. The van der Waals surface area contributed by atoms with E-state index < -0.39 is 0 Å². The van der Waals surface area contributed by atoms with Crippen LogP contribution in [0.2, 0.25) is 0 Å². The summed E-state index contributed by atoms with van der Waals surface area (Å²) >= 11 is 4.90. The van der Waals surface area contributed by atoms with Gasteiger partial charge in [0.05, 0.1) is 29.2 Å². The lowest BCUT2D eigenvalue weighted by Gasteiger charge is -2.16. The SMILES string of the molecule is Cc1oc(-c2cccs2)nc1CC(=O)N(C)CC(=O)Nc1ccccc1Br. The Kier molecular flexibility index (Phi) is 6.08. The number of likely N-dealkylation sites (N-methyl/N-ethyl adjacent to an activating group) is 1. The Balaban J connectivity index is 1.59. The van der Waals surface area contributed by atoms with Gasteiger partial charge < -0.3 is 14.6 Å². The Morgan fingerprint density at radius 3 is 2.74 bits per heavy atom. The van der Waals surface area contributed by atoms with Crippen molar-refractivity contribution in [3.05, 3.63) is 57.7 Å². The summed E-state index contributed by atoms with van der Waals surface area (Å²) in [4.78, 5) is 31.4. The van der Waals surface area contributed by atoms with Crippen LogP contribution in [0.1, 0.15) is 11.5 Å². The first-order valence-electron chi connectivity index (χ1n) is 8.22. The summed E-state index contributed by atoms with van der Waals surface area (Å²) in [6.45, 7) is 1.74. The van der Waals surface area contributed by atoms with Crippen LogP contribution in [-0.4, -0.2) is 35.3 Å². The second kappa shape index (κ2) is 8.49. The van der Waals surface area contributed by atoms with Gasteiger partial charge >= 0.3 is 0 Å². The minimum Gasteiger partial charge on any atom is -0.440 e. The van der Waals surface area contributed by atoms with Crippen molar-refractivity contribution in [1.29, 1.82) is 0 Å². The Labute approximate surface area is 169 Å². The lowest BCUT2D eigenvalue weighted by Crippen LogP contribution is -2.36. The fourth-order valence-corrected chi connectivity index (χ4v) is 3.46. The molecule has 0 saturated carbocycles. The molecule has 0 fully saturated rings. The number of hydrogen-bond donors (Lipinski definition) is 1. The third kappa shape index (κ3) is 4.84. The van der Waals surface area contributed by atoms with Crippen LogP contribution < -0.4 is 5.32 Å². The number of aryl methyl sites for hydroxylation is 1. The average molecular weight is 448 g/mol. The predicted octanol–water partition coefficient (Wildman–Crippen LogP) is 4.11. The highest BCUT2D eigenvalue weighted by atomic mass is 79.9. The maximum Gasteiger partial charge on any atom is 0.244 e. The van der Waals surface area contributed by atoms with Crippen molar-refractivity contribution in [3.63, 3.8) is 0 Å². The molecule has 1 aromatic carbocycles. The molecule has 0 aliphatic heterocycles. The molecule has 6 nitrogen and oxygen atoms in total. The fourth-order valence-electron chi connectivity index (χ4n) is 2.43. The second-order valence-corrected chi connectivity index (χ2v) is 7.76. The molecule has 2 aromatic heterocycles. The van der Waals surface area contributed by atoms with Gasteiger partial charge in [0.25, 0.3) is 0 Å². The predicted molar refractivity (Wildman–Crippen MR) is 109 cm³/mol. The van der Waals surface area contributed by atoms with E-state index in [1.165, 1.54) is 16.2 Å². The van der Waals surface area contributed by atoms with E-state index in [9.17, 15) is 9.59 Å². The van der Waals surface area contributed by atoms with Crippen LogP contribution >= 0.6 is 27.3 Å². The number of rotatable bonds is 6. The van der Waals surface area contributed by atoms with E-state index in [4.69, 9.17) is 4.42 Å². The number of nitrogens with zero attached hydrogens (tertiary/aromatic N) is 2. The largest absolute Gasteiger partial charge is 0.440 e. The molecule has 2 amide bonds. The van der Waals surface area contributed by atoms with Gasteiger partial charge in [0.2, 0.25) is 17.7 Å². The Bertz CT molecular complexity index is 953. The average Bonchev–Trinajstić information content (AvgIpc) is 3.27. The first-order chi connectivity index (χ1) is 12.9. The fraction of sp³-hybridized carbons (Fsp3) is 0.211. The normalized spacial score (nSPS) is 10.6. The lowest BCUT2D eigenvalue weighted by molar-refractivity contribution is -0.132. The number of benzene rings is 1. The minimum atomic E-state index is -0.270. The van der Waals surface area contributed by atoms with E-state index >= 15 is 0 Å². The number of halogens is 1. The molecule has 0 bridgehead atoms. The molecular weight excluding hydrogens is 430 g/mol. The monoisotopic (exact) mass is 447 g/mol. The third-order valence-electron chi connectivity index (χ3n) is 3.90. The molecule has 0 aliphatic rings. The highest BCUT2D eigenvalue weighted by molar-refractivity contribution is 9.10. The first-order valence-corrected chi connectivity index (χ1v) is 9.90. The van der Waals surface area contributed by atoms with E-state index in [0.717, 1.165) is 9.35 Å². The van der Waals surface area contributed by atoms with Gasteiger partial charge in [-0.1, -0.05) is 18.2 Å². The molecule has 0 unspecified atom stereocenters. The number of carbonyl (C=O) groups is 2. The number of amides is 2. The number of thiophene rings is 1. The molecule has 8 heteroatoms. The smallest absolute Gasteiger partial charge is 0.244 e. The molecule has 0 aliphatic carbocycles. The van der Waals surface area contributed by atoms with Crippen LogP contribution in [0.3, 0.4) is 0 Å². The van der Waals surface area contributed by atoms with Crippen LogP contribution in [-0.2, 0) is 16.0 Å². The van der Waals surface area contributed by atoms with E-state index in [-0.39, 0.29) is 24.8 Å². The van der Waals surface area contributed by atoms with Crippen molar-refractivity contribution >= 4 is 44.8 Å². The number of nitrogens with one attached hydrogen (secondary N) is 1. The number of carbonyl (C=O) groups excluding carboxylic acids is 2. The minimum absolute atomic E-state index is 0.0468. The van der Waals surface area contributed by atoms with E-state index in [1.807, 2.05) is 35.7 Å². The maximum absolute atomic E-state index is 12.5. The summed E-state index contributed by atoms with van der Waals surface area (Å²) in [7, 11) is 1.59. The number of para-hydroxylation sites is 1. The summed E-state index contributed by atoms with van der Waals surface area (Å²) in [6, 6.07) is 11.1. The van der Waals surface area contributed by atoms with Crippen LogP contribution in [0, 0.1) is 6.92 Å². The molecule has 3 rings (SSSR count). The van der Waals surface area contributed by atoms with Gasteiger partial charge in [-0.15, -0.1) is 11.3 Å². The van der Waals surface area contributed by atoms with E-state index in [0.29, 0.717) is 23.0 Å². The van der Waals surface area contributed by atoms with E-state index in [1.54, 1.807) is 20.0 Å². The molecule has 1 N–H and O–H groups in total. The summed E-state index contributed by atoms with van der Waals surface area (Å²) in [5.41, 5.74) is 1.25. The highest BCUT2D eigenvalue weighted by Gasteiger charge is 2.19. The van der Waals surface area contributed by atoms with Gasteiger partial charge in [0.15, 0.2) is 0 Å². The number of hydrogen-bond acceptors (Lipinski definition) is 5. The molecular formula is C19H18BrN3O3S. The second-order valence-electron chi connectivity index (χ2n) is 5.95. The van der Waals surface area contributed by atoms with Crippen molar-refractivity contribution in [2.24, 2.45) is 0 Å². The molecule has 3 aromatic rings. The first kappa shape index (κ1) is 19.3. The molecule has 2 heterocycles. The molecule has 0 spiro atoms. The van der Waals surface area contributed by atoms with Crippen molar-refractivity contribution in [2.45, 2.75) is 13.3 Å². The highest BCUT2D eigenvalue weighted by Crippen LogP contribution is 2.26. The summed E-state index contributed by atoms with van der Waals surface area (Å²) in [5.74, 6) is 0.651. The Morgan fingerprint density at radius 2 is 2.04 bits per heavy atom. The van der Waals surface area contributed by atoms with Crippen molar-refractivity contribution in [2.75, 3.05) is 18.9 Å². The van der Waals surface area contributed by atoms with E-state index in [2.05, 4.69) is 26.2 Å². The Hall–Kier alpha value is -2.45. The van der Waals surface area contributed by atoms with Crippen LogP contribution in [0.5, 0.6) is 0 Å². The topological polar surface area (TPSA) is 75.4 Å².